The SMILES string of the molecule is Clc1cc(Sc2sccc2Br)ncn1. The van der Waals surface area contributed by atoms with E-state index in [1.54, 1.807) is 29.2 Å². The Balaban J connectivity index is 2.23. The summed E-state index contributed by atoms with van der Waals surface area (Å²) in [6.07, 6.45) is 1.46. The first-order chi connectivity index (χ1) is 6.75. The number of thiophene rings is 1. The average Bonchev–Trinajstić information content (AvgIpc) is 2.52. The molecule has 0 bridgehead atoms. The topological polar surface area (TPSA) is 25.8 Å². The summed E-state index contributed by atoms with van der Waals surface area (Å²) in [5, 5.41) is 3.35. The summed E-state index contributed by atoms with van der Waals surface area (Å²) < 4.78 is 2.25. The summed E-state index contributed by atoms with van der Waals surface area (Å²) in [4.78, 5) is 7.93. The maximum Gasteiger partial charge on any atom is 0.133 e. The van der Waals surface area contributed by atoms with Gasteiger partial charge in [-0.05, 0) is 27.4 Å². The molecule has 0 N–H and O–H groups in total. The number of hydrogen-bond acceptors (Lipinski definition) is 4. The highest BCUT2D eigenvalue weighted by molar-refractivity contribution is 9.10. The molecule has 0 aliphatic heterocycles. The fraction of sp³-hybridized carbons (Fsp3) is 0. The Morgan fingerprint density at radius 3 is 2.93 bits per heavy atom. The van der Waals surface area contributed by atoms with E-state index < -0.39 is 0 Å². The van der Waals surface area contributed by atoms with Crippen LogP contribution in [0.3, 0.4) is 0 Å². The van der Waals surface area contributed by atoms with Crippen LogP contribution >= 0.6 is 50.6 Å². The molecule has 0 fully saturated rings. The first kappa shape index (κ1) is 10.4. The van der Waals surface area contributed by atoms with Crippen molar-refractivity contribution in [2.24, 2.45) is 0 Å². The van der Waals surface area contributed by atoms with Gasteiger partial charge in [0, 0.05) is 10.5 Å². The van der Waals surface area contributed by atoms with E-state index in [4.69, 9.17) is 11.6 Å². The molecule has 0 spiro atoms. The van der Waals surface area contributed by atoms with Crippen LogP contribution in [-0.4, -0.2) is 9.97 Å². The lowest BCUT2D eigenvalue weighted by Crippen LogP contribution is -1.81. The highest BCUT2D eigenvalue weighted by atomic mass is 79.9. The zero-order valence-corrected chi connectivity index (χ0v) is 10.8. The molecule has 2 heterocycles. The number of hydrogen-bond donors (Lipinski definition) is 0. The van der Waals surface area contributed by atoms with Crippen molar-refractivity contribution in [1.29, 1.82) is 0 Å². The molecule has 2 nitrogen and oxygen atoms in total. The maximum atomic E-state index is 5.75. The zero-order chi connectivity index (χ0) is 9.97. The average molecular weight is 308 g/mol. The highest BCUT2D eigenvalue weighted by Gasteiger charge is 2.05. The smallest absolute Gasteiger partial charge is 0.133 e. The molecular weight excluding hydrogens is 304 g/mol. The van der Waals surface area contributed by atoms with Gasteiger partial charge in [0.15, 0.2) is 0 Å². The van der Waals surface area contributed by atoms with Crippen molar-refractivity contribution in [3.05, 3.63) is 33.5 Å². The second kappa shape index (κ2) is 4.61. The van der Waals surface area contributed by atoms with Crippen LogP contribution in [0.4, 0.5) is 0 Å². The van der Waals surface area contributed by atoms with Crippen LogP contribution in [0.1, 0.15) is 0 Å². The van der Waals surface area contributed by atoms with Crippen LogP contribution in [0, 0.1) is 0 Å². The quantitative estimate of drug-likeness (QED) is 0.781. The van der Waals surface area contributed by atoms with E-state index in [2.05, 4.69) is 25.9 Å². The number of rotatable bonds is 2. The minimum Gasteiger partial charge on any atom is -0.230 e. The van der Waals surface area contributed by atoms with E-state index in [1.807, 2.05) is 11.4 Å². The largest absolute Gasteiger partial charge is 0.230 e. The predicted octanol–water partition coefficient (Wildman–Crippen LogP) is 4.11. The summed E-state index contributed by atoms with van der Waals surface area (Å²) in [6.45, 7) is 0. The number of aromatic nitrogens is 2. The summed E-state index contributed by atoms with van der Waals surface area (Å²) in [7, 11) is 0. The van der Waals surface area contributed by atoms with E-state index in [0.717, 1.165) is 9.50 Å². The summed E-state index contributed by atoms with van der Waals surface area (Å²) in [6, 6.07) is 3.76. The molecule has 2 rings (SSSR count). The lowest BCUT2D eigenvalue weighted by Gasteiger charge is -1.97. The van der Waals surface area contributed by atoms with E-state index in [-0.39, 0.29) is 0 Å². The van der Waals surface area contributed by atoms with Crippen LogP contribution in [0.2, 0.25) is 5.15 Å². The third-order valence-electron chi connectivity index (χ3n) is 1.39. The lowest BCUT2D eigenvalue weighted by molar-refractivity contribution is 1.05. The van der Waals surface area contributed by atoms with Gasteiger partial charge in [0.05, 0.1) is 4.21 Å². The first-order valence-electron chi connectivity index (χ1n) is 3.64. The molecule has 0 radical (unpaired) electrons. The van der Waals surface area contributed by atoms with Gasteiger partial charge in [-0.25, -0.2) is 9.97 Å². The monoisotopic (exact) mass is 306 g/mol. The molecule has 0 amide bonds. The van der Waals surface area contributed by atoms with Crippen molar-refractivity contribution < 1.29 is 0 Å². The lowest BCUT2D eigenvalue weighted by atomic mass is 10.7. The molecule has 14 heavy (non-hydrogen) atoms. The molecule has 0 saturated carbocycles. The molecule has 0 saturated heterocycles. The third-order valence-corrected chi connectivity index (χ3v) is 4.87. The molecule has 0 atom stereocenters. The van der Waals surface area contributed by atoms with Gasteiger partial charge in [-0.1, -0.05) is 23.4 Å². The molecular formula is C8H4BrClN2S2. The van der Waals surface area contributed by atoms with Gasteiger partial charge >= 0.3 is 0 Å². The molecule has 0 aliphatic rings. The molecule has 6 heteroatoms. The van der Waals surface area contributed by atoms with Crippen LogP contribution in [0.5, 0.6) is 0 Å². The van der Waals surface area contributed by atoms with Crippen molar-refractivity contribution in [1.82, 2.24) is 9.97 Å². The van der Waals surface area contributed by atoms with Gasteiger partial charge in [0.25, 0.3) is 0 Å². The maximum absolute atomic E-state index is 5.75. The van der Waals surface area contributed by atoms with E-state index in [1.165, 1.54) is 10.5 Å². The predicted molar refractivity (Wildman–Crippen MR) is 63.2 cm³/mol. The van der Waals surface area contributed by atoms with Gasteiger partial charge in [0.2, 0.25) is 0 Å². The first-order valence-corrected chi connectivity index (χ1v) is 6.51. The number of nitrogens with zero attached hydrogens (tertiary/aromatic N) is 2. The minimum absolute atomic E-state index is 0.468. The van der Waals surface area contributed by atoms with E-state index >= 15 is 0 Å². The summed E-state index contributed by atoms with van der Waals surface area (Å²) in [5.41, 5.74) is 0. The Morgan fingerprint density at radius 1 is 1.43 bits per heavy atom. The Labute approximate surface area is 103 Å². The van der Waals surface area contributed by atoms with Crippen LogP contribution in [0.25, 0.3) is 0 Å². The zero-order valence-electron chi connectivity index (χ0n) is 6.78. The number of halogens is 2. The van der Waals surface area contributed by atoms with Gasteiger partial charge in [0.1, 0.15) is 16.5 Å². The van der Waals surface area contributed by atoms with Gasteiger partial charge in [-0.15, -0.1) is 11.3 Å². The molecule has 2 aromatic rings. The highest BCUT2D eigenvalue weighted by Crippen LogP contribution is 2.36. The second-order valence-electron chi connectivity index (χ2n) is 2.34. The van der Waals surface area contributed by atoms with Crippen LogP contribution in [0.15, 0.2) is 37.5 Å². The summed E-state index contributed by atoms with van der Waals surface area (Å²) in [5.74, 6) is 0. The third kappa shape index (κ3) is 2.48. The van der Waals surface area contributed by atoms with Crippen molar-refractivity contribution in [3.63, 3.8) is 0 Å². The molecule has 0 unspecified atom stereocenters. The minimum atomic E-state index is 0.468. The van der Waals surface area contributed by atoms with Crippen LogP contribution in [-0.2, 0) is 0 Å². The normalized spacial score (nSPS) is 10.4. The Morgan fingerprint density at radius 2 is 2.29 bits per heavy atom. The van der Waals surface area contributed by atoms with Crippen molar-refractivity contribution in [3.8, 4) is 0 Å². The molecule has 2 aromatic heterocycles. The van der Waals surface area contributed by atoms with Crippen molar-refractivity contribution in [2.45, 2.75) is 9.24 Å². The standard InChI is InChI=1S/C8H4BrClN2S2/c9-5-1-2-13-8(5)14-7-3-6(10)11-4-12-7/h1-4H. The van der Waals surface area contributed by atoms with E-state index in [9.17, 15) is 0 Å². The van der Waals surface area contributed by atoms with Crippen molar-refractivity contribution >= 4 is 50.6 Å². The molecule has 0 aliphatic carbocycles. The fourth-order valence-electron chi connectivity index (χ4n) is 0.821. The molecule has 72 valence electrons. The van der Waals surface area contributed by atoms with E-state index in [0.29, 0.717) is 5.15 Å². The van der Waals surface area contributed by atoms with Crippen LogP contribution < -0.4 is 0 Å². The Kier molecular flexibility index (Phi) is 3.43. The van der Waals surface area contributed by atoms with Crippen molar-refractivity contribution in [2.75, 3.05) is 0 Å². The van der Waals surface area contributed by atoms with Gasteiger partial charge in [-0.3, -0.25) is 0 Å². The second-order valence-corrected chi connectivity index (χ2v) is 5.78. The summed E-state index contributed by atoms with van der Waals surface area (Å²) >= 11 is 12.4. The Bertz CT molecular complexity index is 446. The van der Waals surface area contributed by atoms with Gasteiger partial charge in [-0.2, -0.15) is 0 Å². The molecule has 0 aromatic carbocycles. The fourth-order valence-corrected chi connectivity index (χ4v) is 3.61. The van der Waals surface area contributed by atoms with Gasteiger partial charge < -0.3 is 0 Å². The Hall–Kier alpha value is -0.100.